The second-order valence-corrected chi connectivity index (χ2v) is 7.22. The molecule has 0 aromatic heterocycles. The van der Waals surface area contributed by atoms with Crippen LogP contribution >= 0.6 is 0 Å². The fourth-order valence-electron chi connectivity index (χ4n) is 3.36. The molecule has 1 N–H and O–H groups in total. The van der Waals surface area contributed by atoms with Gasteiger partial charge in [-0.1, -0.05) is 25.5 Å². The van der Waals surface area contributed by atoms with Gasteiger partial charge in [-0.3, -0.25) is 14.4 Å². The number of hydrogen-bond donors (Lipinski definition) is 1. The van der Waals surface area contributed by atoms with Crippen molar-refractivity contribution in [3.05, 3.63) is 89.5 Å². The minimum atomic E-state index is -0.362. The second-order valence-electron chi connectivity index (χ2n) is 7.22. The van der Waals surface area contributed by atoms with Crippen LogP contribution in [0.3, 0.4) is 0 Å². The fourth-order valence-corrected chi connectivity index (χ4v) is 3.36. The Morgan fingerprint density at radius 1 is 0.871 bits per heavy atom. The first kappa shape index (κ1) is 20.3. The van der Waals surface area contributed by atoms with Crippen LogP contribution in [-0.4, -0.2) is 24.3 Å². The summed E-state index contributed by atoms with van der Waals surface area (Å²) < 4.78 is 5.62. The van der Waals surface area contributed by atoms with Crippen LogP contribution in [0.2, 0.25) is 0 Å². The summed E-state index contributed by atoms with van der Waals surface area (Å²) >= 11 is 0. The molecule has 0 atom stereocenters. The number of nitrogens with one attached hydrogen (secondary N) is 1. The van der Waals surface area contributed by atoms with Gasteiger partial charge in [0.1, 0.15) is 5.75 Å². The van der Waals surface area contributed by atoms with Crippen LogP contribution in [0.1, 0.15) is 50.8 Å². The molecule has 0 radical (unpaired) electrons. The quantitative estimate of drug-likeness (QED) is 0.440. The molecule has 156 valence electrons. The zero-order valence-electron chi connectivity index (χ0n) is 17.1. The van der Waals surface area contributed by atoms with Crippen molar-refractivity contribution in [1.82, 2.24) is 0 Å². The van der Waals surface area contributed by atoms with Crippen LogP contribution in [0.5, 0.6) is 5.75 Å². The zero-order valence-corrected chi connectivity index (χ0v) is 17.1. The summed E-state index contributed by atoms with van der Waals surface area (Å²) in [4.78, 5) is 38.9. The molecule has 6 nitrogen and oxygen atoms in total. The van der Waals surface area contributed by atoms with E-state index in [4.69, 9.17) is 4.74 Å². The number of imide groups is 1. The number of carbonyl (C=O) groups excluding carboxylic acids is 3. The van der Waals surface area contributed by atoms with Gasteiger partial charge in [0.2, 0.25) is 0 Å². The number of rotatable bonds is 7. The molecule has 1 aliphatic rings. The minimum Gasteiger partial charge on any atom is -0.494 e. The Morgan fingerprint density at radius 2 is 1.48 bits per heavy atom. The summed E-state index contributed by atoms with van der Waals surface area (Å²) in [6.45, 7) is 2.77. The molecule has 3 amide bonds. The van der Waals surface area contributed by atoms with Gasteiger partial charge in [-0.25, -0.2) is 4.90 Å². The van der Waals surface area contributed by atoms with Crippen molar-refractivity contribution in [1.29, 1.82) is 0 Å². The van der Waals surface area contributed by atoms with Gasteiger partial charge in [-0.05, 0) is 67.1 Å². The summed E-state index contributed by atoms with van der Waals surface area (Å²) in [6, 6.07) is 20.3. The Balaban J connectivity index is 1.42. The highest BCUT2D eigenvalue weighted by atomic mass is 16.5. The van der Waals surface area contributed by atoms with Crippen LogP contribution in [0.25, 0.3) is 0 Å². The largest absolute Gasteiger partial charge is 0.494 e. The lowest BCUT2D eigenvalue weighted by molar-refractivity contribution is 0.0925. The third kappa shape index (κ3) is 4.19. The van der Waals surface area contributed by atoms with Crippen LogP contribution in [-0.2, 0) is 0 Å². The number of amides is 3. The molecule has 3 aromatic carbocycles. The van der Waals surface area contributed by atoms with E-state index in [-0.39, 0.29) is 17.7 Å². The number of benzene rings is 3. The van der Waals surface area contributed by atoms with Gasteiger partial charge in [0.15, 0.2) is 0 Å². The number of hydrogen-bond acceptors (Lipinski definition) is 4. The summed E-state index contributed by atoms with van der Waals surface area (Å²) in [5, 5.41) is 2.83. The van der Waals surface area contributed by atoms with Crippen molar-refractivity contribution in [2.75, 3.05) is 16.8 Å². The lowest BCUT2D eigenvalue weighted by Crippen LogP contribution is -2.29. The van der Waals surface area contributed by atoms with Crippen molar-refractivity contribution < 1.29 is 19.1 Å². The highest BCUT2D eigenvalue weighted by Gasteiger charge is 2.36. The molecule has 6 heteroatoms. The lowest BCUT2D eigenvalue weighted by Gasteiger charge is -2.14. The third-order valence-corrected chi connectivity index (χ3v) is 5.06. The summed E-state index contributed by atoms with van der Waals surface area (Å²) in [7, 11) is 0. The van der Waals surface area contributed by atoms with E-state index in [1.165, 1.54) is 0 Å². The van der Waals surface area contributed by atoms with Crippen LogP contribution < -0.4 is 15.0 Å². The van der Waals surface area contributed by atoms with E-state index >= 15 is 0 Å². The number of anilines is 2. The number of carbonyl (C=O) groups is 3. The lowest BCUT2D eigenvalue weighted by atomic mass is 10.1. The van der Waals surface area contributed by atoms with Crippen molar-refractivity contribution in [3.8, 4) is 5.75 Å². The molecular weight excluding hydrogens is 392 g/mol. The van der Waals surface area contributed by atoms with Crippen molar-refractivity contribution in [2.24, 2.45) is 0 Å². The molecule has 1 aliphatic heterocycles. The van der Waals surface area contributed by atoms with Gasteiger partial charge in [-0.15, -0.1) is 0 Å². The molecular formula is C25H22N2O4. The molecule has 0 saturated heterocycles. The molecule has 3 aromatic rings. The first-order valence-corrected chi connectivity index (χ1v) is 10.2. The molecule has 4 rings (SSSR count). The molecule has 0 fully saturated rings. The van der Waals surface area contributed by atoms with E-state index in [0.717, 1.165) is 23.5 Å². The van der Waals surface area contributed by atoms with Gasteiger partial charge in [0, 0.05) is 11.3 Å². The van der Waals surface area contributed by atoms with Crippen LogP contribution in [0.15, 0.2) is 72.8 Å². The van der Waals surface area contributed by atoms with Crippen LogP contribution in [0.4, 0.5) is 11.4 Å². The van der Waals surface area contributed by atoms with E-state index in [1.54, 1.807) is 60.7 Å². The van der Waals surface area contributed by atoms with Crippen molar-refractivity contribution in [2.45, 2.75) is 19.8 Å². The molecule has 0 saturated carbocycles. The maximum absolute atomic E-state index is 12.6. The molecule has 1 heterocycles. The maximum atomic E-state index is 12.6. The molecule has 0 spiro atoms. The van der Waals surface area contributed by atoms with Gasteiger partial charge in [0.25, 0.3) is 17.7 Å². The van der Waals surface area contributed by atoms with Gasteiger partial charge in [-0.2, -0.15) is 0 Å². The summed E-state index contributed by atoms with van der Waals surface area (Å²) in [5.41, 5.74) is 2.27. The van der Waals surface area contributed by atoms with Gasteiger partial charge < -0.3 is 10.1 Å². The number of fused-ring (bicyclic) bond motifs is 1. The smallest absolute Gasteiger partial charge is 0.266 e. The van der Waals surface area contributed by atoms with Gasteiger partial charge in [0.05, 0.1) is 23.4 Å². The highest BCUT2D eigenvalue weighted by Crippen LogP contribution is 2.28. The molecule has 31 heavy (non-hydrogen) atoms. The molecule has 0 aliphatic carbocycles. The number of unbranched alkanes of at least 4 members (excludes halogenated alkanes) is 1. The van der Waals surface area contributed by atoms with E-state index in [1.807, 2.05) is 12.1 Å². The highest BCUT2D eigenvalue weighted by molar-refractivity contribution is 6.34. The minimum absolute atomic E-state index is 0.284. The van der Waals surface area contributed by atoms with Crippen molar-refractivity contribution >= 4 is 29.1 Å². The summed E-state index contributed by atoms with van der Waals surface area (Å²) in [6.07, 6.45) is 2.06. The third-order valence-electron chi connectivity index (χ3n) is 5.06. The average Bonchev–Trinajstić information content (AvgIpc) is 3.05. The zero-order chi connectivity index (χ0) is 21.8. The monoisotopic (exact) mass is 414 g/mol. The predicted molar refractivity (Wildman–Crippen MR) is 119 cm³/mol. The normalized spacial score (nSPS) is 12.6. The standard InChI is InChI=1S/C25H22N2O4/c1-2-3-16-31-20-14-10-18(11-15-20)26-23(28)17-8-12-19(13-9-17)27-24(29)21-6-4-5-7-22(21)25(27)30/h4-15H,2-3,16H2,1H3,(H,26,28). The Bertz CT molecular complexity index is 1090. The Morgan fingerprint density at radius 3 is 2.06 bits per heavy atom. The van der Waals surface area contributed by atoms with E-state index in [0.29, 0.717) is 34.7 Å². The average molecular weight is 414 g/mol. The SMILES string of the molecule is CCCCOc1ccc(NC(=O)c2ccc(N3C(=O)c4ccccc4C3=O)cc2)cc1. The maximum Gasteiger partial charge on any atom is 0.266 e. The van der Waals surface area contributed by atoms with E-state index in [2.05, 4.69) is 12.2 Å². The first-order chi connectivity index (χ1) is 15.1. The second kappa shape index (κ2) is 8.83. The van der Waals surface area contributed by atoms with Crippen LogP contribution in [0, 0.1) is 0 Å². The summed E-state index contributed by atoms with van der Waals surface area (Å²) in [5.74, 6) is -0.247. The Kier molecular flexibility index (Phi) is 5.80. The van der Waals surface area contributed by atoms with Gasteiger partial charge >= 0.3 is 0 Å². The van der Waals surface area contributed by atoms with Crippen molar-refractivity contribution in [3.63, 3.8) is 0 Å². The Hall–Kier alpha value is -3.93. The number of ether oxygens (including phenoxy) is 1. The van der Waals surface area contributed by atoms with E-state index < -0.39 is 0 Å². The number of nitrogens with zero attached hydrogens (tertiary/aromatic N) is 1. The Labute approximate surface area is 180 Å². The first-order valence-electron chi connectivity index (χ1n) is 10.2. The molecule has 0 bridgehead atoms. The predicted octanol–water partition coefficient (Wildman–Crippen LogP) is 4.92. The fraction of sp³-hybridized carbons (Fsp3) is 0.160. The topological polar surface area (TPSA) is 75.7 Å². The van der Waals surface area contributed by atoms with E-state index in [9.17, 15) is 14.4 Å². The molecule has 0 unspecified atom stereocenters.